The van der Waals surface area contributed by atoms with Crippen molar-refractivity contribution < 1.29 is 14.3 Å². The quantitative estimate of drug-likeness (QED) is 0.859. The average Bonchev–Trinajstić information content (AvgIpc) is 2.41. The van der Waals surface area contributed by atoms with E-state index >= 15 is 0 Å². The number of carbonyl (C=O) groups is 2. The van der Waals surface area contributed by atoms with Crippen LogP contribution < -0.4 is 5.73 Å². The minimum Gasteiger partial charge on any atom is -0.444 e. The molecule has 2 N–H and O–H groups in total. The standard InChI is InChI=1S/C16H31N3O3/c1-12(2)19(15(21)22-16(3,4)5)11-13-7-6-8-18(10-13)14(20)9-17/h12-13H,6-11,17H2,1-5H3/t13-/m1/s1. The van der Waals surface area contributed by atoms with Crippen LogP contribution in [-0.4, -0.2) is 59.6 Å². The Morgan fingerprint density at radius 3 is 2.50 bits per heavy atom. The third-order valence-electron chi connectivity index (χ3n) is 3.75. The predicted molar refractivity (Wildman–Crippen MR) is 86.4 cm³/mol. The van der Waals surface area contributed by atoms with E-state index in [1.54, 1.807) is 4.90 Å². The van der Waals surface area contributed by atoms with Gasteiger partial charge in [0.2, 0.25) is 5.91 Å². The first-order valence-corrected chi connectivity index (χ1v) is 8.11. The number of carbonyl (C=O) groups excluding carboxylic acids is 2. The van der Waals surface area contributed by atoms with Crippen LogP contribution in [0.5, 0.6) is 0 Å². The number of nitrogens with zero attached hydrogens (tertiary/aromatic N) is 2. The summed E-state index contributed by atoms with van der Waals surface area (Å²) < 4.78 is 5.48. The fraction of sp³-hybridized carbons (Fsp3) is 0.875. The van der Waals surface area contributed by atoms with Crippen molar-refractivity contribution in [1.82, 2.24) is 9.80 Å². The van der Waals surface area contributed by atoms with Crippen LogP contribution in [-0.2, 0) is 9.53 Å². The van der Waals surface area contributed by atoms with Crippen molar-refractivity contribution in [3.63, 3.8) is 0 Å². The van der Waals surface area contributed by atoms with Crippen molar-refractivity contribution in [3.05, 3.63) is 0 Å². The first kappa shape index (κ1) is 18.7. The van der Waals surface area contributed by atoms with E-state index in [4.69, 9.17) is 10.5 Å². The summed E-state index contributed by atoms with van der Waals surface area (Å²) in [6.45, 7) is 11.7. The highest BCUT2D eigenvalue weighted by Crippen LogP contribution is 2.20. The van der Waals surface area contributed by atoms with Crippen molar-refractivity contribution in [3.8, 4) is 0 Å². The lowest BCUT2D eigenvalue weighted by atomic mass is 9.97. The molecule has 1 atom stereocenters. The van der Waals surface area contributed by atoms with E-state index < -0.39 is 5.60 Å². The zero-order valence-electron chi connectivity index (χ0n) is 14.6. The lowest BCUT2D eigenvalue weighted by molar-refractivity contribution is -0.131. The van der Waals surface area contributed by atoms with Crippen LogP contribution in [0.25, 0.3) is 0 Å². The zero-order valence-corrected chi connectivity index (χ0v) is 14.6. The largest absolute Gasteiger partial charge is 0.444 e. The van der Waals surface area contributed by atoms with Gasteiger partial charge in [-0.2, -0.15) is 0 Å². The molecule has 1 aliphatic heterocycles. The number of amides is 2. The smallest absolute Gasteiger partial charge is 0.410 e. The number of ether oxygens (including phenoxy) is 1. The Bertz CT molecular complexity index is 391. The third-order valence-corrected chi connectivity index (χ3v) is 3.75. The fourth-order valence-corrected chi connectivity index (χ4v) is 2.66. The highest BCUT2D eigenvalue weighted by atomic mass is 16.6. The van der Waals surface area contributed by atoms with Gasteiger partial charge in [0.25, 0.3) is 0 Å². The Hall–Kier alpha value is -1.30. The number of piperidine rings is 1. The summed E-state index contributed by atoms with van der Waals surface area (Å²) in [6.07, 6.45) is 1.68. The molecule has 1 aliphatic rings. The second kappa shape index (κ2) is 7.81. The number of hydrogen-bond donors (Lipinski definition) is 1. The molecule has 0 aliphatic carbocycles. The van der Waals surface area contributed by atoms with Crippen LogP contribution in [0.2, 0.25) is 0 Å². The molecule has 22 heavy (non-hydrogen) atoms. The molecule has 1 saturated heterocycles. The molecule has 0 spiro atoms. The van der Waals surface area contributed by atoms with Crippen LogP contribution in [0.4, 0.5) is 4.79 Å². The van der Waals surface area contributed by atoms with Gasteiger partial charge in [-0.3, -0.25) is 4.79 Å². The van der Waals surface area contributed by atoms with Crippen molar-refractivity contribution in [2.24, 2.45) is 11.7 Å². The van der Waals surface area contributed by atoms with Crippen LogP contribution in [0.1, 0.15) is 47.5 Å². The third kappa shape index (κ3) is 5.83. The second-order valence-electron chi connectivity index (χ2n) is 7.28. The van der Waals surface area contributed by atoms with Gasteiger partial charge in [-0.25, -0.2) is 4.79 Å². The molecule has 6 heteroatoms. The molecule has 6 nitrogen and oxygen atoms in total. The van der Waals surface area contributed by atoms with Crippen LogP contribution in [0.15, 0.2) is 0 Å². The number of nitrogens with two attached hydrogens (primary N) is 1. The Kier molecular flexibility index (Phi) is 6.66. The molecular weight excluding hydrogens is 282 g/mol. The summed E-state index contributed by atoms with van der Waals surface area (Å²) in [4.78, 5) is 27.7. The number of rotatable bonds is 4. The van der Waals surface area contributed by atoms with Gasteiger partial charge in [-0.1, -0.05) is 0 Å². The second-order valence-corrected chi connectivity index (χ2v) is 7.28. The van der Waals surface area contributed by atoms with Gasteiger partial charge in [0.05, 0.1) is 6.54 Å². The molecule has 1 heterocycles. The maximum atomic E-state index is 12.3. The summed E-state index contributed by atoms with van der Waals surface area (Å²) in [5.74, 6) is 0.261. The Morgan fingerprint density at radius 1 is 1.36 bits per heavy atom. The Balaban J connectivity index is 2.66. The van der Waals surface area contributed by atoms with Crippen LogP contribution in [0.3, 0.4) is 0 Å². The molecule has 0 radical (unpaired) electrons. The minimum absolute atomic E-state index is 0.0157. The molecule has 128 valence electrons. The molecule has 2 amide bonds. The van der Waals surface area contributed by atoms with E-state index in [1.807, 2.05) is 39.5 Å². The molecule has 1 fully saturated rings. The number of hydrogen-bond acceptors (Lipinski definition) is 4. The van der Waals surface area contributed by atoms with Crippen molar-refractivity contribution in [2.75, 3.05) is 26.2 Å². The van der Waals surface area contributed by atoms with Gasteiger partial charge < -0.3 is 20.3 Å². The molecule has 0 aromatic rings. The van der Waals surface area contributed by atoms with Gasteiger partial charge in [0.15, 0.2) is 0 Å². The first-order chi connectivity index (χ1) is 10.1. The summed E-state index contributed by atoms with van der Waals surface area (Å²) in [5.41, 5.74) is 4.94. The maximum Gasteiger partial charge on any atom is 0.410 e. The summed E-state index contributed by atoms with van der Waals surface area (Å²) >= 11 is 0. The van der Waals surface area contributed by atoms with Gasteiger partial charge in [-0.15, -0.1) is 0 Å². The van der Waals surface area contributed by atoms with Gasteiger partial charge in [-0.05, 0) is 53.4 Å². The van der Waals surface area contributed by atoms with Crippen molar-refractivity contribution >= 4 is 12.0 Å². The average molecular weight is 313 g/mol. The van der Waals surface area contributed by atoms with Crippen molar-refractivity contribution in [2.45, 2.75) is 59.1 Å². The van der Waals surface area contributed by atoms with E-state index in [2.05, 4.69) is 0 Å². The molecule has 1 rings (SSSR count). The van der Waals surface area contributed by atoms with E-state index in [0.29, 0.717) is 13.1 Å². The van der Waals surface area contributed by atoms with Crippen LogP contribution >= 0.6 is 0 Å². The molecule has 0 bridgehead atoms. The van der Waals surface area contributed by atoms with Crippen LogP contribution in [0, 0.1) is 5.92 Å². The summed E-state index contributed by atoms with van der Waals surface area (Å²) in [7, 11) is 0. The molecule has 0 saturated carbocycles. The van der Waals surface area contributed by atoms with E-state index in [0.717, 1.165) is 19.4 Å². The Labute approximate surface area is 134 Å². The lowest BCUT2D eigenvalue weighted by Gasteiger charge is -2.37. The summed E-state index contributed by atoms with van der Waals surface area (Å²) in [6, 6.07) is 0.0652. The van der Waals surface area contributed by atoms with Gasteiger partial charge in [0, 0.05) is 25.7 Å². The molecular formula is C16H31N3O3. The van der Waals surface area contributed by atoms with E-state index in [1.165, 1.54) is 0 Å². The summed E-state index contributed by atoms with van der Waals surface area (Å²) in [5, 5.41) is 0. The lowest BCUT2D eigenvalue weighted by Crippen LogP contribution is -2.49. The van der Waals surface area contributed by atoms with Gasteiger partial charge >= 0.3 is 6.09 Å². The normalized spacial score (nSPS) is 19.2. The van der Waals surface area contributed by atoms with E-state index in [-0.39, 0.29) is 30.5 Å². The fourth-order valence-electron chi connectivity index (χ4n) is 2.66. The molecule has 0 aromatic heterocycles. The Morgan fingerprint density at radius 2 is 2.00 bits per heavy atom. The predicted octanol–water partition coefficient (Wildman–Crippen LogP) is 1.83. The first-order valence-electron chi connectivity index (χ1n) is 8.11. The molecule has 0 unspecified atom stereocenters. The monoisotopic (exact) mass is 313 g/mol. The SMILES string of the molecule is CC(C)N(C[C@@H]1CCCN(C(=O)CN)C1)C(=O)OC(C)(C)C. The highest BCUT2D eigenvalue weighted by molar-refractivity contribution is 5.78. The highest BCUT2D eigenvalue weighted by Gasteiger charge is 2.29. The molecule has 0 aromatic carbocycles. The number of likely N-dealkylation sites (tertiary alicyclic amines) is 1. The minimum atomic E-state index is -0.502. The topological polar surface area (TPSA) is 75.9 Å². The van der Waals surface area contributed by atoms with Crippen molar-refractivity contribution in [1.29, 1.82) is 0 Å². The maximum absolute atomic E-state index is 12.3. The van der Waals surface area contributed by atoms with E-state index in [9.17, 15) is 9.59 Å². The van der Waals surface area contributed by atoms with Gasteiger partial charge in [0.1, 0.15) is 5.60 Å². The zero-order chi connectivity index (χ0) is 16.9.